The SMILES string of the molecule is Fc1cccc(-c2cc3cn(Cc4cn(-c5ccc(Cl)cc5)nn4)ccc-3n2)c1F. The molecule has 0 aliphatic carbocycles. The van der Waals surface area contributed by atoms with Gasteiger partial charge in [0.25, 0.3) is 0 Å². The number of hydrogen-bond donors (Lipinski definition) is 0. The molecule has 0 atom stereocenters. The highest BCUT2D eigenvalue weighted by Crippen LogP contribution is 2.30. The second kappa shape index (κ2) is 7.35. The molecule has 1 aromatic heterocycles. The molecule has 0 saturated carbocycles. The van der Waals surface area contributed by atoms with Gasteiger partial charge in [-0.15, -0.1) is 5.10 Å². The summed E-state index contributed by atoms with van der Waals surface area (Å²) in [4.78, 5) is 4.42. The topological polar surface area (TPSA) is 48.5 Å². The fourth-order valence-electron chi connectivity index (χ4n) is 3.29. The summed E-state index contributed by atoms with van der Waals surface area (Å²) in [6, 6.07) is 15.0. The van der Waals surface area contributed by atoms with Crippen LogP contribution in [0.1, 0.15) is 5.69 Å². The molecule has 148 valence electrons. The molecule has 0 spiro atoms. The van der Waals surface area contributed by atoms with E-state index in [1.807, 2.05) is 41.4 Å². The van der Waals surface area contributed by atoms with Crippen LogP contribution in [0.5, 0.6) is 0 Å². The standard InChI is InChI=1S/C22H14ClF2N5/c23-15-4-6-17(7-5-15)30-13-16(27-28-30)12-29-9-8-20-14(11-29)10-21(26-20)18-2-1-3-19(24)22(18)25/h1-11,13H,12H2. The molecule has 0 unspecified atom stereocenters. The maximum Gasteiger partial charge on any atom is 0.168 e. The Bertz CT molecular complexity index is 1310. The number of aromatic nitrogens is 5. The van der Waals surface area contributed by atoms with Crippen LogP contribution in [-0.4, -0.2) is 24.5 Å². The third-order valence-corrected chi connectivity index (χ3v) is 5.01. The first-order valence-electron chi connectivity index (χ1n) is 9.15. The summed E-state index contributed by atoms with van der Waals surface area (Å²) in [5.74, 6) is -1.79. The number of hydrogen-bond acceptors (Lipinski definition) is 3. The van der Waals surface area contributed by atoms with Gasteiger partial charge in [-0.25, -0.2) is 18.4 Å². The van der Waals surface area contributed by atoms with Crippen LogP contribution in [0.4, 0.5) is 8.78 Å². The summed E-state index contributed by atoms with van der Waals surface area (Å²) < 4.78 is 31.3. The van der Waals surface area contributed by atoms with Gasteiger partial charge in [0.05, 0.1) is 29.8 Å². The van der Waals surface area contributed by atoms with E-state index in [2.05, 4.69) is 15.3 Å². The van der Waals surface area contributed by atoms with Gasteiger partial charge >= 0.3 is 0 Å². The van der Waals surface area contributed by atoms with E-state index in [1.54, 1.807) is 22.9 Å². The van der Waals surface area contributed by atoms with Gasteiger partial charge in [0, 0.05) is 28.5 Å². The Hall–Kier alpha value is -3.58. The molecule has 0 saturated heterocycles. The van der Waals surface area contributed by atoms with Gasteiger partial charge < -0.3 is 4.57 Å². The molecule has 0 amide bonds. The van der Waals surface area contributed by atoms with Gasteiger partial charge in [0.1, 0.15) is 5.69 Å². The van der Waals surface area contributed by atoms with Gasteiger partial charge in [-0.2, -0.15) is 0 Å². The number of benzene rings is 2. The molecule has 30 heavy (non-hydrogen) atoms. The molecular formula is C22H14ClF2N5. The predicted molar refractivity (Wildman–Crippen MR) is 110 cm³/mol. The number of halogens is 3. The zero-order valence-corrected chi connectivity index (χ0v) is 16.3. The predicted octanol–water partition coefficient (Wildman–Crippen LogP) is 5.22. The molecule has 0 radical (unpaired) electrons. The third-order valence-electron chi connectivity index (χ3n) is 4.76. The van der Waals surface area contributed by atoms with E-state index in [-0.39, 0.29) is 5.56 Å². The maximum absolute atomic E-state index is 14.1. The van der Waals surface area contributed by atoms with Crippen molar-refractivity contribution in [3.8, 4) is 28.2 Å². The Morgan fingerprint density at radius 3 is 2.60 bits per heavy atom. The molecule has 0 fully saturated rings. The summed E-state index contributed by atoms with van der Waals surface area (Å²) >= 11 is 5.92. The fraction of sp³-hybridized carbons (Fsp3) is 0.0455. The van der Waals surface area contributed by atoms with Crippen molar-refractivity contribution in [2.24, 2.45) is 0 Å². The third kappa shape index (κ3) is 3.44. The summed E-state index contributed by atoms with van der Waals surface area (Å²) in [5, 5.41) is 9.03. The van der Waals surface area contributed by atoms with Crippen molar-refractivity contribution in [3.05, 3.63) is 95.5 Å². The molecule has 8 heteroatoms. The molecule has 3 heterocycles. The van der Waals surface area contributed by atoms with E-state index in [1.165, 1.54) is 12.1 Å². The quantitative estimate of drug-likeness (QED) is 0.400. The zero-order valence-electron chi connectivity index (χ0n) is 15.5. The molecule has 3 aromatic rings. The molecule has 2 aromatic carbocycles. The molecule has 5 rings (SSSR count). The first-order valence-corrected chi connectivity index (χ1v) is 9.53. The summed E-state index contributed by atoms with van der Waals surface area (Å²) in [6.45, 7) is 0.498. The molecule has 0 bridgehead atoms. The average molecular weight is 422 g/mol. The smallest absolute Gasteiger partial charge is 0.168 e. The Labute approximate surface area is 175 Å². The highest BCUT2D eigenvalue weighted by Gasteiger charge is 2.16. The van der Waals surface area contributed by atoms with Crippen LogP contribution >= 0.6 is 11.6 Å². The van der Waals surface area contributed by atoms with Crippen LogP contribution in [0.3, 0.4) is 0 Å². The van der Waals surface area contributed by atoms with E-state index in [0.29, 0.717) is 23.0 Å². The first-order chi connectivity index (χ1) is 14.6. The highest BCUT2D eigenvalue weighted by atomic mass is 35.5. The molecule has 2 aliphatic heterocycles. The van der Waals surface area contributed by atoms with Crippen LogP contribution in [0.2, 0.25) is 5.02 Å². The summed E-state index contributed by atoms with van der Waals surface area (Å²) in [5.41, 5.74) is 3.69. The molecule has 5 nitrogen and oxygen atoms in total. The maximum atomic E-state index is 14.1. The lowest BCUT2D eigenvalue weighted by Crippen LogP contribution is -2.00. The van der Waals surface area contributed by atoms with Crippen molar-refractivity contribution in [2.75, 3.05) is 0 Å². The zero-order chi connectivity index (χ0) is 20.7. The van der Waals surface area contributed by atoms with Crippen molar-refractivity contribution < 1.29 is 8.78 Å². The van der Waals surface area contributed by atoms with Gasteiger partial charge in [-0.1, -0.05) is 22.9 Å². The molecule has 2 aliphatic rings. The van der Waals surface area contributed by atoms with Crippen molar-refractivity contribution in [1.82, 2.24) is 24.5 Å². The van der Waals surface area contributed by atoms with Gasteiger partial charge in [-0.05, 0) is 48.5 Å². The van der Waals surface area contributed by atoms with Crippen LogP contribution in [-0.2, 0) is 6.54 Å². The molecule has 0 N–H and O–H groups in total. The monoisotopic (exact) mass is 421 g/mol. The van der Waals surface area contributed by atoms with Gasteiger partial charge in [0.2, 0.25) is 0 Å². The highest BCUT2D eigenvalue weighted by molar-refractivity contribution is 6.30. The second-order valence-electron chi connectivity index (χ2n) is 6.83. The van der Waals surface area contributed by atoms with Crippen LogP contribution in [0.25, 0.3) is 28.2 Å². The summed E-state index contributed by atoms with van der Waals surface area (Å²) in [6.07, 6.45) is 5.60. The number of rotatable bonds is 4. The summed E-state index contributed by atoms with van der Waals surface area (Å²) in [7, 11) is 0. The van der Waals surface area contributed by atoms with Gasteiger partial charge in [0.15, 0.2) is 11.6 Å². The van der Waals surface area contributed by atoms with Crippen molar-refractivity contribution >= 4 is 11.6 Å². The minimum atomic E-state index is -0.896. The second-order valence-corrected chi connectivity index (χ2v) is 7.27. The Morgan fingerprint density at radius 2 is 1.77 bits per heavy atom. The van der Waals surface area contributed by atoms with E-state index in [9.17, 15) is 8.78 Å². The van der Waals surface area contributed by atoms with Crippen molar-refractivity contribution in [3.63, 3.8) is 0 Å². The van der Waals surface area contributed by atoms with Crippen LogP contribution in [0, 0.1) is 11.6 Å². The lowest BCUT2D eigenvalue weighted by molar-refractivity contribution is 0.511. The lowest BCUT2D eigenvalue weighted by Gasteiger charge is -2.06. The minimum Gasteiger partial charge on any atom is -0.347 e. The number of fused-ring (bicyclic) bond motifs is 1. The van der Waals surface area contributed by atoms with E-state index in [0.717, 1.165) is 23.0 Å². The normalized spacial score (nSPS) is 11.3. The minimum absolute atomic E-state index is 0.142. The first kappa shape index (κ1) is 18.4. The Kier molecular flexibility index (Phi) is 4.52. The van der Waals surface area contributed by atoms with E-state index >= 15 is 0 Å². The van der Waals surface area contributed by atoms with E-state index in [4.69, 9.17) is 11.6 Å². The average Bonchev–Trinajstić information content (AvgIpc) is 3.37. The fourth-order valence-corrected chi connectivity index (χ4v) is 3.41. The number of pyridine rings is 1. The molecular weight excluding hydrogens is 408 g/mol. The van der Waals surface area contributed by atoms with Gasteiger partial charge in [-0.3, -0.25) is 0 Å². The largest absolute Gasteiger partial charge is 0.347 e. The van der Waals surface area contributed by atoms with Crippen LogP contribution < -0.4 is 0 Å². The number of nitrogens with zero attached hydrogens (tertiary/aromatic N) is 5. The van der Waals surface area contributed by atoms with Crippen molar-refractivity contribution in [1.29, 1.82) is 0 Å². The van der Waals surface area contributed by atoms with E-state index < -0.39 is 11.6 Å². The Morgan fingerprint density at radius 1 is 0.933 bits per heavy atom. The van der Waals surface area contributed by atoms with Crippen LogP contribution in [0.15, 0.2) is 73.2 Å². The van der Waals surface area contributed by atoms with Crippen molar-refractivity contribution in [2.45, 2.75) is 6.54 Å². The Balaban J connectivity index is 1.42. The lowest BCUT2D eigenvalue weighted by atomic mass is 10.1.